The first-order valence-corrected chi connectivity index (χ1v) is 13.5. The summed E-state index contributed by atoms with van der Waals surface area (Å²) >= 11 is 0. The van der Waals surface area contributed by atoms with Gasteiger partial charge in [-0.3, -0.25) is 4.79 Å². The van der Waals surface area contributed by atoms with Gasteiger partial charge in [0.2, 0.25) is 0 Å². The van der Waals surface area contributed by atoms with E-state index in [1.165, 1.54) is 11.8 Å². The van der Waals surface area contributed by atoms with Crippen molar-refractivity contribution in [2.45, 2.75) is 69.2 Å². The molecule has 1 aromatic heterocycles. The van der Waals surface area contributed by atoms with Crippen LogP contribution in [0.2, 0.25) is 0 Å². The quantitative estimate of drug-likeness (QED) is 0.432. The number of aliphatic hydroxyl groups is 1. The zero-order valence-corrected chi connectivity index (χ0v) is 23.2. The van der Waals surface area contributed by atoms with E-state index in [-0.39, 0.29) is 22.9 Å². The molecule has 3 heterocycles. The van der Waals surface area contributed by atoms with Gasteiger partial charge in [-0.1, -0.05) is 38.2 Å². The summed E-state index contributed by atoms with van der Waals surface area (Å²) in [6, 6.07) is 1.94. The number of hydrogen-bond acceptors (Lipinski definition) is 7. The van der Waals surface area contributed by atoms with E-state index in [1.807, 2.05) is 30.4 Å². The first kappa shape index (κ1) is 27.5. The number of ether oxygens (including phenoxy) is 3. The molecule has 9 heteroatoms. The van der Waals surface area contributed by atoms with Gasteiger partial charge in [0.1, 0.15) is 17.3 Å². The molecule has 2 bridgehead atoms. The van der Waals surface area contributed by atoms with Crippen LogP contribution >= 0.6 is 0 Å². The minimum absolute atomic E-state index is 0.0846. The molecular weight excluding hydrogens is 496 g/mol. The maximum Gasteiger partial charge on any atom is 0.291 e. The van der Waals surface area contributed by atoms with Crippen LogP contribution in [0.15, 0.2) is 53.4 Å². The second-order valence-electron chi connectivity index (χ2n) is 12.2. The highest BCUT2D eigenvalue weighted by Gasteiger charge is 2.59. The van der Waals surface area contributed by atoms with Crippen LogP contribution in [-0.2, 0) is 14.2 Å². The molecule has 9 nitrogen and oxygen atoms in total. The molecule has 1 aromatic rings. The van der Waals surface area contributed by atoms with Crippen molar-refractivity contribution in [3.8, 4) is 6.07 Å². The van der Waals surface area contributed by atoms with Crippen LogP contribution in [0.4, 0.5) is 0 Å². The highest BCUT2D eigenvalue weighted by Crippen LogP contribution is 2.53. The molecule has 4 aliphatic rings. The van der Waals surface area contributed by atoms with E-state index >= 15 is 0 Å². The molecule has 1 amide bonds. The topological polar surface area (TPSA) is 129 Å². The molecule has 0 spiro atoms. The molecule has 1 saturated heterocycles. The summed E-state index contributed by atoms with van der Waals surface area (Å²) in [5, 5.41) is 24.4. The van der Waals surface area contributed by atoms with E-state index in [2.05, 4.69) is 35.2 Å². The molecule has 5 rings (SSSR count). The van der Waals surface area contributed by atoms with Crippen molar-refractivity contribution in [2.75, 3.05) is 27.4 Å². The number of carbonyl (C=O) groups excluding carboxylic acids is 1. The number of H-pyrrole nitrogens is 1. The van der Waals surface area contributed by atoms with Gasteiger partial charge in [0.05, 0.1) is 18.8 Å². The van der Waals surface area contributed by atoms with Gasteiger partial charge in [-0.2, -0.15) is 5.26 Å². The van der Waals surface area contributed by atoms with Crippen LogP contribution in [0.25, 0.3) is 0 Å². The summed E-state index contributed by atoms with van der Waals surface area (Å²) in [7, 11) is 3.28. The lowest BCUT2D eigenvalue weighted by atomic mass is 9.67. The molecule has 2 aliphatic heterocycles. The Morgan fingerprint density at radius 3 is 2.51 bits per heavy atom. The number of imidazole rings is 1. The fourth-order valence-electron chi connectivity index (χ4n) is 6.60. The van der Waals surface area contributed by atoms with Gasteiger partial charge in [0, 0.05) is 44.9 Å². The zero-order valence-electron chi connectivity index (χ0n) is 23.2. The Bertz CT molecular complexity index is 1270. The van der Waals surface area contributed by atoms with Crippen LogP contribution in [0.5, 0.6) is 0 Å². The number of allylic oxidation sites excluding steroid dienone is 4. The van der Waals surface area contributed by atoms with Crippen molar-refractivity contribution in [3.63, 3.8) is 0 Å². The number of nitrogens with zero attached hydrogens (tertiary/aromatic N) is 2. The third-order valence-corrected chi connectivity index (χ3v) is 8.54. The van der Waals surface area contributed by atoms with Gasteiger partial charge in [-0.05, 0) is 48.3 Å². The van der Waals surface area contributed by atoms with Crippen molar-refractivity contribution in [2.24, 2.45) is 11.3 Å². The Morgan fingerprint density at radius 2 is 1.95 bits per heavy atom. The van der Waals surface area contributed by atoms with Crippen molar-refractivity contribution < 1.29 is 24.1 Å². The Balaban J connectivity index is 1.46. The Hall–Kier alpha value is -3.03. The first-order chi connectivity index (χ1) is 18.5. The lowest BCUT2D eigenvalue weighted by Crippen LogP contribution is -2.59. The van der Waals surface area contributed by atoms with E-state index in [1.54, 1.807) is 14.2 Å². The molecule has 0 aromatic carbocycles. The number of fused-ring (bicyclic) bond motifs is 2. The lowest BCUT2D eigenvalue weighted by molar-refractivity contribution is -0.230. The van der Waals surface area contributed by atoms with E-state index < -0.39 is 22.7 Å². The first-order valence-electron chi connectivity index (χ1n) is 13.5. The molecule has 1 unspecified atom stereocenters. The van der Waals surface area contributed by atoms with E-state index in [9.17, 15) is 9.90 Å². The van der Waals surface area contributed by atoms with Crippen LogP contribution < -0.4 is 5.32 Å². The number of nitrogens with one attached hydrogen (secondary N) is 2. The smallest absolute Gasteiger partial charge is 0.291 e. The van der Waals surface area contributed by atoms with Crippen molar-refractivity contribution in [3.05, 3.63) is 64.9 Å². The lowest BCUT2D eigenvalue weighted by Gasteiger charge is -2.51. The normalized spacial score (nSPS) is 33.1. The van der Waals surface area contributed by atoms with Crippen LogP contribution in [0.1, 0.15) is 68.7 Å². The van der Waals surface area contributed by atoms with Gasteiger partial charge in [0.25, 0.3) is 5.91 Å². The predicted octanol–water partition coefficient (Wildman–Crippen LogP) is 3.86. The van der Waals surface area contributed by atoms with E-state index in [0.29, 0.717) is 38.2 Å². The highest BCUT2D eigenvalue weighted by molar-refractivity contribution is 5.92. The van der Waals surface area contributed by atoms with Crippen LogP contribution in [0.3, 0.4) is 0 Å². The number of nitriles is 1. The minimum Gasteiger partial charge on any atom is -0.389 e. The van der Waals surface area contributed by atoms with Gasteiger partial charge in [-0.15, -0.1) is 0 Å². The summed E-state index contributed by atoms with van der Waals surface area (Å²) in [6.45, 7) is 5.21. The second kappa shape index (κ2) is 10.2. The van der Waals surface area contributed by atoms with Crippen molar-refractivity contribution in [1.82, 2.24) is 15.3 Å². The zero-order chi connectivity index (χ0) is 27.9. The summed E-state index contributed by atoms with van der Waals surface area (Å²) < 4.78 is 17.5. The van der Waals surface area contributed by atoms with Crippen LogP contribution in [-0.4, -0.2) is 65.2 Å². The predicted molar refractivity (Wildman–Crippen MR) is 144 cm³/mol. The maximum absolute atomic E-state index is 13.0. The Kier molecular flexibility index (Phi) is 7.18. The average Bonchev–Trinajstić information content (AvgIpc) is 3.47. The fraction of sp³-hybridized carbons (Fsp3) is 0.567. The number of hydrogen-bond donors (Lipinski definition) is 3. The summed E-state index contributed by atoms with van der Waals surface area (Å²) in [5.41, 5.74) is 0.788. The average molecular weight is 535 g/mol. The van der Waals surface area contributed by atoms with E-state index in [4.69, 9.17) is 19.5 Å². The minimum atomic E-state index is -1.08. The standard InChI is InChI=1S/C30H38N4O5/c1-27(2)9-7-20(8-10-27)23-13-21(5-6-24(23)34-26(35)25-32-15-22(14-31)33-25)30(36)16-28(18-37-3)11-12-29(17-30,39-28)19-38-4/h5-7,11-12,15,21,36H,8-10,13,16-19H2,1-4H3,(H,32,33)(H,34,35)/t21?,28-,29+,30+. The Labute approximate surface area is 229 Å². The van der Waals surface area contributed by atoms with Crippen molar-refractivity contribution in [1.29, 1.82) is 5.26 Å². The molecule has 208 valence electrons. The SMILES string of the molecule is COC[C@@]12C=C[C@@](COC)(C[C@](O)(C3C=CC(NC(=O)c4nc(C#N)c[nH]4)=C(C4=CCC(C)(C)CC4)C3)C1)O2. The number of amides is 1. The van der Waals surface area contributed by atoms with Crippen molar-refractivity contribution >= 4 is 5.91 Å². The third-order valence-electron chi connectivity index (χ3n) is 8.54. The van der Waals surface area contributed by atoms with Gasteiger partial charge in [-0.25, -0.2) is 4.98 Å². The summed E-state index contributed by atoms with van der Waals surface area (Å²) in [4.78, 5) is 19.9. The Morgan fingerprint density at radius 1 is 1.26 bits per heavy atom. The molecule has 0 radical (unpaired) electrons. The molecular formula is C30H38N4O5. The molecule has 0 saturated carbocycles. The number of aromatic amines is 1. The highest BCUT2D eigenvalue weighted by atomic mass is 16.6. The molecule has 4 atom stereocenters. The largest absolute Gasteiger partial charge is 0.389 e. The summed E-state index contributed by atoms with van der Waals surface area (Å²) in [5.74, 6) is -0.524. The van der Waals surface area contributed by atoms with Gasteiger partial charge < -0.3 is 29.6 Å². The maximum atomic E-state index is 13.0. The molecule has 2 aliphatic carbocycles. The van der Waals surface area contributed by atoms with E-state index in [0.717, 1.165) is 24.8 Å². The van der Waals surface area contributed by atoms with Crippen LogP contribution in [0, 0.1) is 22.7 Å². The summed E-state index contributed by atoms with van der Waals surface area (Å²) in [6.07, 6.45) is 15.9. The number of carbonyl (C=O) groups is 1. The molecule has 3 N–H and O–H groups in total. The number of methoxy groups -OCH3 is 2. The molecule has 39 heavy (non-hydrogen) atoms. The third kappa shape index (κ3) is 5.39. The molecule has 1 fully saturated rings. The second-order valence-corrected chi connectivity index (χ2v) is 12.2. The monoisotopic (exact) mass is 534 g/mol. The number of aromatic nitrogens is 2. The van der Waals surface area contributed by atoms with Gasteiger partial charge in [0.15, 0.2) is 11.5 Å². The number of rotatable bonds is 8. The van der Waals surface area contributed by atoms with Gasteiger partial charge >= 0.3 is 0 Å². The fourth-order valence-corrected chi connectivity index (χ4v) is 6.60.